The SMILES string of the molecule is c1ccc(-n2c3ccccc3c3cc(-c4cccc(-c5cccc6c5c5ccccc5n6-c5ccc6oc7ccc(-c8cccc(-n9c%10ccccc%10c%10ccccc%109)c8)cc7c6c5)c4)ccc32)cc1. The average molecular weight is 892 g/mol. The molecule has 4 aromatic heterocycles. The van der Waals surface area contributed by atoms with Crippen molar-refractivity contribution in [2.75, 3.05) is 0 Å². The van der Waals surface area contributed by atoms with Gasteiger partial charge in [0.05, 0.1) is 33.1 Å². The van der Waals surface area contributed by atoms with Gasteiger partial charge in [0.25, 0.3) is 0 Å². The quantitative estimate of drug-likeness (QED) is 0.163. The van der Waals surface area contributed by atoms with Gasteiger partial charge in [0.2, 0.25) is 0 Å². The first kappa shape index (κ1) is 38.7. The predicted octanol–water partition coefficient (Wildman–Crippen LogP) is 17.9. The summed E-state index contributed by atoms with van der Waals surface area (Å²) < 4.78 is 13.7. The summed E-state index contributed by atoms with van der Waals surface area (Å²) >= 11 is 0. The second-order valence-corrected chi connectivity index (χ2v) is 18.5. The molecule has 0 aliphatic carbocycles. The summed E-state index contributed by atoms with van der Waals surface area (Å²) in [6.45, 7) is 0. The maximum Gasteiger partial charge on any atom is 0.135 e. The first-order valence-electron chi connectivity index (χ1n) is 24.0. The van der Waals surface area contributed by atoms with Crippen molar-refractivity contribution in [1.82, 2.24) is 13.7 Å². The van der Waals surface area contributed by atoms with Gasteiger partial charge in [-0.1, -0.05) is 146 Å². The Hall–Kier alpha value is -9.38. The van der Waals surface area contributed by atoms with E-state index in [-0.39, 0.29) is 0 Å². The molecule has 0 spiro atoms. The third-order valence-electron chi connectivity index (χ3n) is 14.6. The molecule has 0 aliphatic rings. The molecule has 0 aliphatic heterocycles. The smallest absolute Gasteiger partial charge is 0.135 e. The van der Waals surface area contributed by atoms with Crippen molar-refractivity contribution in [1.29, 1.82) is 0 Å². The molecule has 4 heteroatoms. The lowest BCUT2D eigenvalue weighted by molar-refractivity contribution is 0.669. The number of aromatic nitrogens is 3. The third kappa shape index (κ3) is 5.77. The highest BCUT2D eigenvalue weighted by Gasteiger charge is 2.20. The van der Waals surface area contributed by atoms with E-state index in [1.807, 2.05) is 0 Å². The van der Waals surface area contributed by atoms with E-state index in [0.29, 0.717) is 0 Å². The molecular formula is C66H41N3O. The Labute approximate surface area is 402 Å². The van der Waals surface area contributed by atoms with E-state index in [1.54, 1.807) is 0 Å². The highest BCUT2D eigenvalue weighted by Crippen LogP contribution is 2.42. The molecule has 0 N–H and O–H groups in total. The van der Waals surface area contributed by atoms with E-state index in [9.17, 15) is 0 Å². The van der Waals surface area contributed by atoms with E-state index in [1.165, 1.54) is 76.6 Å². The number of hydrogen-bond acceptors (Lipinski definition) is 1. The summed E-state index contributed by atoms with van der Waals surface area (Å²) in [7, 11) is 0. The fourth-order valence-electron chi connectivity index (χ4n) is 11.5. The van der Waals surface area contributed by atoms with Crippen LogP contribution in [0.3, 0.4) is 0 Å². The molecule has 0 saturated heterocycles. The molecule has 0 saturated carbocycles. The second-order valence-electron chi connectivity index (χ2n) is 18.5. The molecule has 70 heavy (non-hydrogen) atoms. The van der Waals surface area contributed by atoms with Gasteiger partial charge in [-0.25, -0.2) is 0 Å². The number of furan rings is 1. The normalized spacial score (nSPS) is 12.0. The number of hydrogen-bond donors (Lipinski definition) is 0. The van der Waals surface area contributed by atoms with E-state index < -0.39 is 0 Å². The second kappa shape index (κ2) is 15.1. The zero-order chi connectivity index (χ0) is 45.9. The molecule has 0 atom stereocenters. The maximum absolute atomic E-state index is 6.55. The van der Waals surface area contributed by atoms with Crippen LogP contribution in [0.25, 0.3) is 138 Å². The number of fused-ring (bicyclic) bond motifs is 12. The zero-order valence-corrected chi connectivity index (χ0v) is 37.9. The zero-order valence-electron chi connectivity index (χ0n) is 37.9. The summed E-state index contributed by atoms with van der Waals surface area (Å²) in [6, 6.07) is 90.4. The first-order valence-corrected chi connectivity index (χ1v) is 24.0. The van der Waals surface area contributed by atoms with Crippen LogP contribution in [0.2, 0.25) is 0 Å². The topological polar surface area (TPSA) is 27.9 Å². The van der Waals surface area contributed by atoms with Gasteiger partial charge in [-0.05, 0) is 137 Å². The molecule has 0 unspecified atom stereocenters. The lowest BCUT2D eigenvalue weighted by Gasteiger charge is -2.11. The third-order valence-corrected chi connectivity index (χ3v) is 14.6. The summed E-state index contributed by atoms with van der Waals surface area (Å²) in [4.78, 5) is 0. The van der Waals surface area contributed by atoms with Crippen molar-refractivity contribution in [2.24, 2.45) is 0 Å². The highest BCUT2D eigenvalue weighted by molar-refractivity contribution is 6.17. The Morgan fingerprint density at radius 2 is 0.671 bits per heavy atom. The number of benzene rings is 11. The van der Waals surface area contributed by atoms with Gasteiger partial charge < -0.3 is 18.1 Å². The summed E-state index contributed by atoms with van der Waals surface area (Å²) in [5.41, 5.74) is 19.3. The summed E-state index contributed by atoms with van der Waals surface area (Å²) in [5, 5.41) is 9.65. The van der Waals surface area contributed by atoms with Crippen LogP contribution in [0, 0.1) is 0 Å². The largest absolute Gasteiger partial charge is 0.456 e. The number of para-hydroxylation sites is 5. The van der Waals surface area contributed by atoms with Crippen molar-refractivity contribution >= 4 is 87.4 Å². The van der Waals surface area contributed by atoms with Gasteiger partial charge in [0.1, 0.15) is 11.2 Å². The summed E-state index contributed by atoms with van der Waals surface area (Å²) in [5.74, 6) is 0. The standard InChI is InChI=1S/C66H41N3O/c1-2-18-47(19-3-1)67-60-28-10-6-23-53(60)55-39-44(31-34-62(55)67)42-15-12-17-46(37-42)50-25-14-30-63-66(50)54-24-7-11-29-61(54)69(63)49-33-36-65-57(41-49)56-40-45(32-35-64(56)70-65)43-16-13-20-48(38-43)68-58-26-8-4-21-51(58)52-22-5-9-27-59(52)68/h1-41H. The molecule has 11 aromatic carbocycles. The number of rotatable bonds is 6. The van der Waals surface area contributed by atoms with Crippen LogP contribution >= 0.6 is 0 Å². The Balaban J connectivity index is 0.839. The molecule has 0 radical (unpaired) electrons. The first-order chi connectivity index (χ1) is 34.7. The van der Waals surface area contributed by atoms with Crippen molar-refractivity contribution in [3.63, 3.8) is 0 Å². The van der Waals surface area contributed by atoms with Crippen molar-refractivity contribution in [3.8, 4) is 50.4 Å². The molecule has 15 rings (SSSR count). The van der Waals surface area contributed by atoms with Crippen molar-refractivity contribution < 1.29 is 4.42 Å². The van der Waals surface area contributed by atoms with Crippen LogP contribution in [-0.2, 0) is 0 Å². The molecule has 326 valence electrons. The lowest BCUT2D eigenvalue weighted by atomic mass is 9.95. The Morgan fingerprint density at radius 1 is 0.229 bits per heavy atom. The molecule has 0 fully saturated rings. The van der Waals surface area contributed by atoms with Gasteiger partial charge in [0.15, 0.2) is 0 Å². The van der Waals surface area contributed by atoms with Crippen LogP contribution in [0.5, 0.6) is 0 Å². The minimum absolute atomic E-state index is 0.871. The predicted molar refractivity (Wildman–Crippen MR) is 293 cm³/mol. The van der Waals surface area contributed by atoms with E-state index in [4.69, 9.17) is 4.42 Å². The van der Waals surface area contributed by atoms with Gasteiger partial charge in [-0.2, -0.15) is 0 Å². The van der Waals surface area contributed by atoms with E-state index in [2.05, 4.69) is 262 Å². The average Bonchev–Trinajstić information content (AvgIpc) is 4.17. The van der Waals surface area contributed by atoms with Gasteiger partial charge >= 0.3 is 0 Å². The molecule has 4 heterocycles. The van der Waals surface area contributed by atoms with Crippen molar-refractivity contribution in [2.45, 2.75) is 0 Å². The minimum atomic E-state index is 0.871. The van der Waals surface area contributed by atoms with Crippen LogP contribution in [0.1, 0.15) is 0 Å². The van der Waals surface area contributed by atoms with Crippen molar-refractivity contribution in [3.05, 3.63) is 249 Å². The fraction of sp³-hybridized carbons (Fsp3) is 0. The minimum Gasteiger partial charge on any atom is -0.456 e. The molecular weight excluding hydrogens is 851 g/mol. The van der Waals surface area contributed by atoms with Gasteiger partial charge in [-0.15, -0.1) is 0 Å². The van der Waals surface area contributed by atoms with Crippen LogP contribution in [-0.4, -0.2) is 13.7 Å². The molecule has 0 amide bonds. The highest BCUT2D eigenvalue weighted by atomic mass is 16.3. The van der Waals surface area contributed by atoms with Gasteiger partial charge in [-0.3, -0.25) is 0 Å². The molecule has 0 bridgehead atoms. The van der Waals surface area contributed by atoms with E-state index in [0.717, 1.165) is 61.2 Å². The lowest BCUT2D eigenvalue weighted by Crippen LogP contribution is -1.94. The van der Waals surface area contributed by atoms with Crippen LogP contribution in [0.15, 0.2) is 253 Å². The fourth-order valence-corrected chi connectivity index (χ4v) is 11.5. The van der Waals surface area contributed by atoms with Crippen LogP contribution < -0.4 is 0 Å². The monoisotopic (exact) mass is 891 g/mol. The Kier molecular flexibility index (Phi) is 8.33. The van der Waals surface area contributed by atoms with Gasteiger partial charge in [0, 0.05) is 60.2 Å². The van der Waals surface area contributed by atoms with Crippen LogP contribution in [0.4, 0.5) is 0 Å². The molecule has 15 aromatic rings. The Bertz CT molecular complexity index is 4550. The number of nitrogens with zero attached hydrogens (tertiary/aromatic N) is 3. The molecule has 4 nitrogen and oxygen atoms in total. The summed E-state index contributed by atoms with van der Waals surface area (Å²) in [6.07, 6.45) is 0. The maximum atomic E-state index is 6.55. The Morgan fingerprint density at radius 3 is 1.40 bits per heavy atom. The van der Waals surface area contributed by atoms with E-state index >= 15 is 0 Å².